The first-order valence-electron chi connectivity index (χ1n) is 6.97. The minimum atomic E-state index is -4.43. The van der Waals surface area contributed by atoms with Gasteiger partial charge in [0, 0.05) is 12.2 Å². The van der Waals surface area contributed by atoms with Crippen LogP contribution >= 0.6 is 11.3 Å². The van der Waals surface area contributed by atoms with Gasteiger partial charge in [0.05, 0.1) is 11.6 Å². The van der Waals surface area contributed by atoms with Gasteiger partial charge >= 0.3 is 6.18 Å². The van der Waals surface area contributed by atoms with E-state index in [9.17, 15) is 18.0 Å². The molecule has 7 heteroatoms. The lowest BCUT2D eigenvalue weighted by Crippen LogP contribution is -2.39. The number of nitrogens with zero attached hydrogens (tertiary/aromatic N) is 1. The largest absolute Gasteiger partial charge is 0.416 e. The fraction of sp³-hybridized carbons (Fsp3) is 0.312. The number of nitrogens with one attached hydrogen (secondary N) is 1. The smallest absolute Gasteiger partial charge is 0.325 e. The minimum Gasteiger partial charge on any atom is -0.325 e. The van der Waals surface area contributed by atoms with Crippen molar-refractivity contribution in [2.75, 3.05) is 12.4 Å². The Labute approximate surface area is 136 Å². The Hall–Kier alpha value is -1.86. The lowest BCUT2D eigenvalue weighted by Gasteiger charge is -2.23. The Kier molecular flexibility index (Phi) is 5.43. The van der Waals surface area contributed by atoms with Crippen LogP contribution in [0.15, 0.2) is 41.1 Å². The molecular formula is C16H17F3N2OS. The molecule has 23 heavy (non-hydrogen) atoms. The Bertz CT molecular complexity index is 656. The topological polar surface area (TPSA) is 32.3 Å². The highest BCUT2D eigenvalue weighted by molar-refractivity contribution is 7.07. The van der Waals surface area contributed by atoms with Crippen molar-refractivity contribution in [3.63, 3.8) is 0 Å². The molecule has 1 N–H and O–H groups in total. The van der Waals surface area contributed by atoms with Crippen molar-refractivity contribution >= 4 is 22.9 Å². The van der Waals surface area contributed by atoms with Crippen LogP contribution in [0.3, 0.4) is 0 Å². The molecule has 0 aliphatic carbocycles. The zero-order valence-corrected chi connectivity index (χ0v) is 13.5. The number of hydrogen-bond acceptors (Lipinski definition) is 3. The Morgan fingerprint density at radius 2 is 2.09 bits per heavy atom. The van der Waals surface area contributed by atoms with Gasteiger partial charge in [-0.05, 0) is 54.6 Å². The monoisotopic (exact) mass is 342 g/mol. The van der Waals surface area contributed by atoms with E-state index >= 15 is 0 Å². The molecular weight excluding hydrogens is 325 g/mol. The quantitative estimate of drug-likeness (QED) is 0.882. The van der Waals surface area contributed by atoms with Crippen molar-refractivity contribution < 1.29 is 18.0 Å². The van der Waals surface area contributed by atoms with Crippen molar-refractivity contribution in [1.29, 1.82) is 0 Å². The van der Waals surface area contributed by atoms with Crippen LogP contribution in [0.4, 0.5) is 18.9 Å². The van der Waals surface area contributed by atoms with Crippen LogP contribution in [-0.4, -0.2) is 23.9 Å². The van der Waals surface area contributed by atoms with E-state index in [0.717, 1.165) is 17.7 Å². The van der Waals surface area contributed by atoms with Gasteiger partial charge in [-0.25, -0.2) is 0 Å². The summed E-state index contributed by atoms with van der Waals surface area (Å²) in [7, 11) is 1.80. The summed E-state index contributed by atoms with van der Waals surface area (Å²) in [6.07, 6.45) is -4.43. The molecule has 0 unspecified atom stereocenters. The summed E-state index contributed by atoms with van der Waals surface area (Å²) in [4.78, 5) is 14.1. The predicted molar refractivity (Wildman–Crippen MR) is 85.3 cm³/mol. The molecule has 1 atom stereocenters. The van der Waals surface area contributed by atoms with Crippen molar-refractivity contribution in [2.45, 2.75) is 25.7 Å². The predicted octanol–water partition coefficient (Wildman–Crippen LogP) is 4.23. The maximum absolute atomic E-state index is 12.7. The maximum atomic E-state index is 12.7. The summed E-state index contributed by atoms with van der Waals surface area (Å²) in [6, 6.07) is 6.13. The SMILES string of the molecule is C[C@@H](C(=O)Nc1cccc(C(F)(F)F)c1)N(C)Cc1ccsc1. The third-order valence-electron chi connectivity index (χ3n) is 3.51. The van der Waals surface area contributed by atoms with Gasteiger partial charge in [-0.3, -0.25) is 9.69 Å². The van der Waals surface area contributed by atoms with Crippen molar-refractivity contribution in [1.82, 2.24) is 4.90 Å². The van der Waals surface area contributed by atoms with Crippen LogP contribution < -0.4 is 5.32 Å². The first-order chi connectivity index (χ1) is 10.8. The summed E-state index contributed by atoms with van der Waals surface area (Å²) in [5, 5.41) is 6.49. The highest BCUT2D eigenvalue weighted by Crippen LogP contribution is 2.30. The number of carbonyl (C=O) groups is 1. The Morgan fingerprint density at radius 1 is 1.35 bits per heavy atom. The number of amides is 1. The van der Waals surface area contributed by atoms with E-state index in [-0.39, 0.29) is 11.6 Å². The average Bonchev–Trinajstić information content (AvgIpc) is 2.98. The molecule has 0 aliphatic heterocycles. The number of carbonyl (C=O) groups excluding carboxylic acids is 1. The zero-order valence-electron chi connectivity index (χ0n) is 12.7. The highest BCUT2D eigenvalue weighted by Gasteiger charge is 2.30. The van der Waals surface area contributed by atoms with E-state index in [1.54, 1.807) is 25.3 Å². The van der Waals surface area contributed by atoms with Gasteiger partial charge in [-0.2, -0.15) is 24.5 Å². The van der Waals surface area contributed by atoms with E-state index in [1.807, 2.05) is 21.7 Å². The Morgan fingerprint density at radius 3 is 2.70 bits per heavy atom. The van der Waals surface area contributed by atoms with Crippen LogP contribution in [0, 0.1) is 0 Å². The molecule has 0 saturated carbocycles. The number of likely N-dealkylation sites (N-methyl/N-ethyl adjacent to an activating group) is 1. The van der Waals surface area contributed by atoms with Gasteiger partial charge in [0.2, 0.25) is 5.91 Å². The second kappa shape index (κ2) is 7.14. The van der Waals surface area contributed by atoms with E-state index in [1.165, 1.54) is 12.1 Å². The normalized spacial score (nSPS) is 13.1. The lowest BCUT2D eigenvalue weighted by molar-refractivity contribution is -0.137. The second-order valence-corrected chi connectivity index (χ2v) is 6.07. The molecule has 0 spiro atoms. The average molecular weight is 342 g/mol. The molecule has 1 heterocycles. The summed E-state index contributed by atoms with van der Waals surface area (Å²) >= 11 is 1.57. The zero-order chi connectivity index (χ0) is 17.0. The first kappa shape index (κ1) is 17.5. The van der Waals surface area contributed by atoms with Crippen LogP contribution in [0.25, 0.3) is 0 Å². The molecule has 2 aromatic rings. The van der Waals surface area contributed by atoms with E-state index in [4.69, 9.17) is 0 Å². The standard InChI is InChI=1S/C16H17F3N2OS/c1-11(21(2)9-12-6-7-23-10-12)15(22)20-14-5-3-4-13(8-14)16(17,18)19/h3-8,10-11H,9H2,1-2H3,(H,20,22)/t11-/m0/s1. The van der Waals surface area contributed by atoms with Crippen LogP contribution in [0.5, 0.6) is 0 Å². The molecule has 1 amide bonds. The molecule has 0 bridgehead atoms. The lowest BCUT2D eigenvalue weighted by atomic mass is 10.2. The third kappa shape index (κ3) is 4.80. The molecule has 0 fully saturated rings. The molecule has 1 aromatic carbocycles. The molecule has 124 valence electrons. The van der Waals surface area contributed by atoms with Gasteiger partial charge in [0.15, 0.2) is 0 Å². The van der Waals surface area contributed by atoms with Gasteiger partial charge in [-0.15, -0.1) is 0 Å². The van der Waals surface area contributed by atoms with Crippen LogP contribution in [0.1, 0.15) is 18.1 Å². The number of alkyl halides is 3. The number of benzene rings is 1. The summed E-state index contributed by atoms with van der Waals surface area (Å²) in [6.45, 7) is 2.32. The number of rotatable bonds is 5. The number of thiophene rings is 1. The fourth-order valence-electron chi connectivity index (χ4n) is 2.03. The molecule has 0 aliphatic rings. The molecule has 3 nitrogen and oxygen atoms in total. The number of hydrogen-bond donors (Lipinski definition) is 1. The molecule has 2 rings (SSSR count). The van der Waals surface area contributed by atoms with Gasteiger partial charge in [0.1, 0.15) is 0 Å². The van der Waals surface area contributed by atoms with Gasteiger partial charge < -0.3 is 5.32 Å². The van der Waals surface area contributed by atoms with Crippen LogP contribution in [-0.2, 0) is 17.5 Å². The molecule has 1 aromatic heterocycles. The number of anilines is 1. The van der Waals surface area contributed by atoms with Crippen molar-refractivity contribution in [2.24, 2.45) is 0 Å². The van der Waals surface area contributed by atoms with E-state index in [2.05, 4.69) is 5.32 Å². The fourth-order valence-corrected chi connectivity index (χ4v) is 2.69. The van der Waals surface area contributed by atoms with E-state index < -0.39 is 17.8 Å². The molecule has 0 saturated heterocycles. The summed E-state index contributed by atoms with van der Waals surface area (Å²) in [5.41, 5.74) is 0.450. The number of halogens is 3. The summed E-state index contributed by atoms with van der Waals surface area (Å²) < 4.78 is 38.1. The van der Waals surface area contributed by atoms with Crippen molar-refractivity contribution in [3.05, 3.63) is 52.2 Å². The van der Waals surface area contributed by atoms with E-state index in [0.29, 0.717) is 6.54 Å². The highest BCUT2D eigenvalue weighted by atomic mass is 32.1. The second-order valence-electron chi connectivity index (χ2n) is 5.29. The first-order valence-corrected chi connectivity index (χ1v) is 7.91. The summed E-state index contributed by atoms with van der Waals surface area (Å²) in [5.74, 6) is -0.345. The van der Waals surface area contributed by atoms with Gasteiger partial charge in [-0.1, -0.05) is 6.07 Å². The van der Waals surface area contributed by atoms with Gasteiger partial charge in [0.25, 0.3) is 0 Å². The Balaban J connectivity index is 2.00. The third-order valence-corrected chi connectivity index (χ3v) is 4.24. The minimum absolute atomic E-state index is 0.139. The molecule has 0 radical (unpaired) electrons. The van der Waals surface area contributed by atoms with Crippen molar-refractivity contribution in [3.8, 4) is 0 Å². The van der Waals surface area contributed by atoms with Crippen LogP contribution in [0.2, 0.25) is 0 Å². The maximum Gasteiger partial charge on any atom is 0.416 e.